The second kappa shape index (κ2) is 27.6. The highest BCUT2D eigenvalue weighted by Crippen LogP contribution is 2.47. The summed E-state index contributed by atoms with van der Waals surface area (Å²) in [6.07, 6.45) is 32.9. The Morgan fingerprint density at radius 1 is 0.316 bits per heavy atom. The summed E-state index contributed by atoms with van der Waals surface area (Å²) in [5.41, 5.74) is 7.37. The number of fused-ring (bicyclic) bond motifs is 6. The lowest BCUT2D eigenvalue weighted by molar-refractivity contribution is 0.608. The van der Waals surface area contributed by atoms with Gasteiger partial charge in [-0.3, -0.25) is 9.59 Å². The molecular weight excluding hydrogens is 1000 g/mol. The van der Waals surface area contributed by atoms with Gasteiger partial charge in [0.25, 0.3) is 0 Å². The number of unbranched alkanes of at least 4 members (excludes halogenated alkanes) is 20. The van der Waals surface area contributed by atoms with Crippen LogP contribution in [0.25, 0.3) is 83.5 Å². The van der Waals surface area contributed by atoms with Gasteiger partial charge in [0, 0.05) is 60.9 Å². The predicted octanol–water partition coefficient (Wildman–Crippen LogP) is 23.0. The summed E-state index contributed by atoms with van der Waals surface area (Å²) in [6, 6.07) is 27.8. The van der Waals surface area contributed by atoms with Crippen molar-refractivity contribution in [3.63, 3.8) is 0 Å². The van der Waals surface area contributed by atoms with Crippen LogP contribution in [0, 0.1) is 13.8 Å². The van der Waals surface area contributed by atoms with Gasteiger partial charge in [-0.1, -0.05) is 168 Å². The molecule has 4 aromatic heterocycles. The molecule has 0 radical (unpaired) electrons. The van der Waals surface area contributed by atoms with E-state index in [-0.39, 0.29) is 10.9 Å². The Kier molecular flexibility index (Phi) is 20.5. The smallest absolute Gasteiger partial charge is 0.195 e. The second-order valence-corrected chi connectivity index (χ2v) is 27.2. The molecule has 0 fully saturated rings. The number of thiophene rings is 4. The van der Waals surface area contributed by atoms with E-state index in [9.17, 15) is 0 Å². The molecule has 2 nitrogen and oxygen atoms in total. The molecule has 4 heterocycles. The molecule has 0 spiro atoms. The van der Waals surface area contributed by atoms with E-state index in [4.69, 9.17) is 0 Å². The van der Waals surface area contributed by atoms with Gasteiger partial charge in [0.2, 0.25) is 0 Å². The van der Waals surface area contributed by atoms with E-state index in [1.165, 1.54) is 212 Å². The van der Waals surface area contributed by atoms with Crippen molar-refractivity contribution in [2.45, 2.75) is 221 Å². The molecule has 0 atom stereocenters. The van der Waals surface area contributed by atoms with E-state index >= 15 is 9.59 Å². The Labute approximate surface area is 472 Å². The summed E-state index contributed by atoms with van der Waals surface area (Å²) in [5.74, 6) is 0. The number of rotatable bonds is 32. The van der Waals surface area contributed by atoms with Gasteiger partial charge in [-0.25, -0.2) is 0 Å². The Bertz CT molecular complexity index is 3410. The van der Waals surface area contributed by atoms with Crippen LogP contribution >= 0.6 is 45.3 Å². The lowest BCUT2D eigenvalue weighted by atomic mass is 9.89. The van der Waals surface area contributed by atoms with Gasteiger partial charge in [-0.05, 0) is 180 Å². The van der Waals surface area contributed by atoms with Crippen LogP contribution in [-0.2, 0) is 25.7 Å². The fraction of sp³-hybridized carbons (Fsp3) is 0.486. The van der Waals surface area contributed by atoms with Crippen LogP contribution in [0.5, 0.6) is 0 Å². The molecule has 0 amide bonds. The Hall–Kier alpha value is -4.20. The largest absolute Gasteiger partial charge is 0.289 e. The molecule has 5 aromatic carbocycles. The molecule has 6 heteroatoms. The normalized spacial score (nSPS) is 12.1. The van der Waals surface area contributed by atoms with Gasteiger partial charge >= 0.3 is 0 Å². The zero-order valence-electron chi connectivity index (χ0n) is 47.2. The number of hydrogen-bond acceptors (Lipinski definition) is 6. The molecule has 0 unspecified atom stereocenters. The minimum atomic E-state index is 0.233. The molecular formula is C70H86O2S4. The first-order chi connectivity index (χ1) is 37.2. The first-order valence-corrected chi connectivity index (χ1v) is 33.5. The molecule has 0 saturated heterocycles. The minimum absolute atomic E-state index is 0.233. The number of benzene rings is 3. The highest BCUT2D eigenvalue weighted by atomic mass is 32.1. The van der Waals surface area contributed by atoms with Crippen LogP contribution in [0.2, 0.25) is 0 Å². The second-order valence-electron chi connectivity index (χ2n) is 22.5. The summed E-state index contributed by atoms with van der Waals surface area (Å²) in [5, 5.41) is 9.27. The monoisotopic (exact) mass is 1090 g/mol. The summed E-state index contributed by atoms with van der Waals surface area (Å²) >= 11 is 7.31. The SMILES string of the molecule is CCCCCCCCc1cc2cc3c(cc(CCCCCCCC)c4c(=O)c(-c5ccc(-c6ccc(-c7ccc(C)s7)s6)s5)c(CCCCCCCC)c43)cc2c2c(CCCCCCCC)c(-c3ccc(C)s3)c(=O)c12. The predicted molar refractivity (Wildman–Crippen MR) is 342 cm³/mol. The fourth-order valence-electron chi connectivity index (χ4n) is 12.4. The third-order valence-electron chi connectivity index (χ3n) is 16.5. The van der Waals surface area contributed by atoms with Crippen molar-refractivity contribution in [1.82, 2.24) is 0 Å². The van der Waals surface area contributed by atoms with Crippen molar-refractivity contribution in [2.24, 2.45) is 0 Å². The summed E-state index contributed by atoms with van der Waals surface area (Å²) < 4.78 is 0. The van der Waals surface area contributed by atoms with E-state index in [0.29, 0.717) is 0 Å². The Morgan fingerprint density at radius 3 is 1.00 bits per heavy atom. The average Bonchev–Trinajstić information content (AvgIpc) is 4.31. The molecule has 0 aliphatic heterocycles. The van der Waals surface area contributed by atoms with E-state index < -0.39 is 0 Å². The van der Waals surface area contributed by atoms with E-state index in [2.05, 4.69) is 114 Å². The number of hydrogen-bond donors (Lipinski definition) is 0. The fourth-order valence-corrected chi connectivity index (χ4v) is 16.5. The third kappa shape index (κ3) is 12.9. The van der Waals surface area contributed by atoms with Gasteiger partial charge in [0.15, 0.2) is 10.9 Å². The van der Waals surface area contributed by atoms with E-state index in [1.807, 2.05) is 34.0 Å². The maximum Gasteiger partial charge on any atom is 0.195 e. The van der Waals surface area contributed by atoms with Crippen LogP contribution in [0.3, 0.4) is 0 Å². The number of aryl methyl sites for hydroxylation is 6. The molecule has 9 aromatic rings. The van der Waals surface area contributed by atoms with Gasteiger partial charge in [-0.15, -0.1) is 45.3 Å². The third-order valence-corrected chi connectivity index (χ3v) is 21.1. The van der Waals surface area contributed by atoms with Gasteiger partial charge in [-0.2, -0.15) is 0 Å². The first kappa shape index (κ1) is 56.5. The van der Waals surface area contributed by atoms with Gasteiger partial charge in [0.1, 0.15) is 0 Å². The van der Waals surface area contributed by atoms with E-state index in [0.717, 1.165) is 83.0 Å². The molecule has 0 bridgehead atoms. The summed E-state index contributed by atoms with van der Waals surface area (Å²) in [4.78, 5) is 41.2. The molecule has 0 N–H and O–H groups in total. The lowest BCUT2D eigenvalue weighted by Crippen LogP contribution is -2.02. The van der Waals surface area contributed by atoms with Gasteiger partial charge < -0.3 is 0 Å². The quantitative estimate of drug-likeness (QED) is 0.0311. The standard InChI is InChI=1S/C70H86O2S4/c1-7-11-15-19-23-27-31-49-43-51-46-56-52(45-55(51)65-53(33-29-25-21-17-13-9-3)67(69(71)63(49)65)61-38-36-48(6)74-61)44-50(32-28-24-20-16-12-8-2)64-66(56)54(34-30-26-22-18-14-10-4)68(70(64)72)62-42-41-60(76-62)59-40-39-58(75-59)57-37-35-47(5)73-57/h35-46H,7-34H2,1-6H3. The van der Waals surface area contributed by atoms with Crippen molar-refractivity contribution in [2.75, 3.05) is 0 Å². The van der Waals surface area contributed by atoms with Crippen molar-refractivity contribution >= 4 is 88.4 Å². The molecule has 0 aliphatic rings. The molecule has 0 aliphatic carbocycles. The summed E-state index contributed by atoms with van der Waals surface area (Å²) in [7, 11) is 0. The minimum Gasteiger partial charge on any atom is -0.289 e. The molecule has 9 rings (SSSR count). The van der Waals surface area contributed by atoms with Crippen molar-refractivity contribution < 1.29 is 0 Å². The van der Waals surface area contributed by atoms with Crippen molar-refractivity contribution in [3.05, 3.63) is 125 Å². The van der Waals surface area contributed by atoms with Crippen molar-refractivity contribution in [3.8, 4) is 40.4 Å². The Morgan fingerprint density at radius 2 is 0.618 bits per heavy atom. The van der Waals surface area contributed by atoms with Gasteiger partial charge in [0.05, 0.1) is 0 Å². The van der Waals surface area contributed by atoms with Crippen LogP contribution in [0.15, 0.2) is 82.4 Å². The zero-order chi connectivity index (χ0) is 53.0. The topological polar surface area (TPSA) is 34.1 Å². The van der Waals surface area contributed by atoms with Crippen molar-refractivity contribution in [1.29, 1.82) is 0 Å². The zero-order valence-corrected chi connectivity index (χ0v) is 50.4. The maximum atomic E-state index is 15.8. The Balaban J connectivity index is 1.26. The van der Waals surface area contributed by atoms with Crippen LogP contribution in [0.4, 0.5) is 0 Å². The highest BCUT2D eigenvalue weighted by molar-refractivity contribution is 7.27. The first-order valence-electron chi connectivity index (χ1n) is 30.2. The van der Waals surface area contributed by atoms with Crippen LogP contribution < -0.4 is 10.9 Å². The molecule has 0 saturated carbocycles. The van der Waals surface area contributed by atoms with Crippen LogP contribution in [-0.4, -0.2) is 0 Å². The van der Waals surface area contributed by atoms with E-state index in [1.54, 1.807) is 11.3 Å². The summed E-state index contributed by atoms with van der Waals surface area (Å²) in [6.45, 7) is 13.5. The lowest BCUT2D eigenvalue weighted by Gasteiger charge is -2.14. The average molecular weight is 1090 g/mol. The molecule has 76 heavy (non-hydrogen) atoms. The maximum absolute atomic E-state index is 15.8. The van der Waals surface area contributed by atoms with Crippen LogP contribution in [0.1, 0.15) is 214 Å². The molecule has 402 valence electrons. The highest BCUT2D eigenvalue weighted by Gasteiger charge is 2.28.